The molecule has 3 aromatic rings. The summed E-state index contributed by atoms with van der Waals surface area (Å²) in [6.07, 6.45) is 1.48. The van der Waals surface area contributed by atoms with Crippen LogP contribution in [-0.4, -0.2) is 68.3 Å². The molecule has 0 aliphatic carbocycles. The van der Waals surface area contributed by atoms with Crippen LogP contribution in [0.2, 0.25) is 5.02 Å². The summed E-state index contributed by atoms with van der Waals surface area (Å²) >= 11 is 7.35. The van der Waals surface area contributed by atoms with Gasteiger partial charge in [-0.05, 0) is 43.3 Å². The van der Waals surface area contributed by atoms with Gasteiger partial charge in [-0.1, -0.05) is 23.4 Å². The van der Waals surface area contributed by atoms with E-state index in [4.69, 9.17) is 16.0 Å². The van der Waals surface area contributed by atoms with Crippen LogP contribution < -0.4 is 0 Å². The number of carbonyl (C=O) groups excluding carboxylic acids is 2. The van der Waals surface area contributed by atoms with Crippen LogP contribution in [0.25, 0.3) is 11.4 Å². The molecule has 2 aromatic heterocycles. The number of nitrogens with zero attached hydrogens (tertiary/aromatic N) is 5. The van der Waals surface area contributed by atoms with Gasteiger partial charge in [-0.2, -0.15) is 0 Å². The van der Waals surface area contributed by atoms with Crippen molar-refractivity contribution in [3.05, 3.63) is 53.4 Å². The Morgan fingerprint density at radius 1 is 1.06 bits per heavy atom. The molecule has 2 amide bonds. The molecule has 8 nitrogen and oxygen atoms in total. The lowest BCUT2D eigenvalue weighted by atomic mass is 10.2. The number of piperazine rings is 1. The monoisotopic (exact) mass is 459 g/mol. The van der Waals surface area contributed by atoms with Crippen molar-refractivity contribution in [2.75, 3.05) is 31.9 Å². The minimum atomic E-state index is -0.141. The Balaban J connectivity index is 1.33. The molecule has 0 bridgehead atoms. The number of aromatic nitrogens is 3. The topological polar surface area (TPSA) is 84.5 Å². The average molecular weight is 460 g/mol. The fourth-order valence-corrected chi connectivity index (χ4v) is 4.46. The van der Waals surface area contributed by atoms with E-state index in [0.717, 1.165) is 11.4 Å². The van der Waals surface area contributed by atoms with Crippen LogP contribution in [0.3, 0.4) is 0 Å². The molecule has 31 heavy (non-hydrogen) atoms. The molecule has 1 aliphatic rings. The number of amides is 2. The summed E-state index contributed by atoms with van der Waals surface area (Å²) in [5.41, 5.74) is 0.925. The average Bonchev–Trinajstić information content (AvgIpc) is 3.47. The lowest BCUT2D eigenvalue weighted by Crippen LogP contribution is -2.51. The zero-order chi connectivity index (χ0) is 21.8. The number of carbonyl (C=O) groups is 2. The number of benzene rings is 1. The van der Waals surface area contributed by atoms with Crippen molar-refractivity contribution < 1.29 is 14.0 Å². The molecular formula is C21H22ClN5O3S. The number of rotatable bonds is 6. The van der Waals surface area contributed by atoms with Crippen LogP contribution in [-0.2, 0) is 11.3 Å². The number of furan rings is 1. The molecule has 3 heterocycles. The largest absolute Gasteiger partial charge is 0.459 e. The van der Waals surface area contributed by atoms with Crippen LogP contribution in [0.4, 0.5) is 0 Å². The highest BCUT2D eigenvalue weighted by molar-refractivity contribution is 7.99. The van der Waals surface area contributed by atoms with E-state index in [0.29, 0.717) is 48.7 Å². The summed E-state index contributed by atoms with van der Waals surface area (Å²) in [7, 11) is 0. The van der Waals surface area contributed by atoms with E-state index < -0.39 is 0 Å². The molecule has 162 valence electrons. The van der Waals surface area contributed by atoms with Gasteiger partial charge >= 0.3 is 0 Å². The molecule has 1 aliphatic heterocycles. The lowest BCUT2D eigenvalue weighted by Gasteiger charge is -2.34. The van der Waals surface area contributed by atoms with Crippen molar-refractivity contribution in [2.24, 2.45) is 0 Å². The molecule has 0 spiro atoms. The molecule has 1 fully saturated rings. The van der Waals surface area contributed by atoms with Gasteiger partial charge in [0.2, 0.25) is 5.91 Å². The third-order valence-electron chi connectivity index (χ3n) is 5.11. The molecule has 4 rings (SSSR count). The summed E-state index contributed by atoms with van der Waals surface area (Å²) in [6.45, 7) is 4.69. The van der Waals surface area contributed by atoms with Gasteiger partial charge in [-0.15, -0.1) is 10.2 Å². The Hall–Kier alpha value is -2.78. The highest BCUT2D eigenvalue weighted by atomic mass is 35.5. The Kier molecular flexibility index (Phi) is 6.62. The fourth-order valence-electron chi connectivity index (χ4n) is 3.43. The number of thioether (sulfide) groups is 1. The maximum atomic E-state index is 12.7. The van der Waals surface area contributed by atoms with Gasteiger partial charge in [0.1, 0.15) is 0 Å². The van der Waals surface area contributed by atoms with Crippen molar-refractivity contribution in [2.45, 2.75) is 18.6 Å². The first-order chi connectivity index (χ1) is 15.1. The SMILES string of the molecule is CCn1c(SCC(=O)N2CCN(C(=O)c3ccco3)CC2)nnc1-c1ccc(Cl)cc1. The van der Waals surface area contributed by atoms with Crippen molar-refractivity contribution in [1.82, 2.24) is 24.6 Å². The molecule has 0 radical (unpaired) electrons. The number of halogens is 1. The summed E-state index contributed by atoms with van der Waals surface area (Å²) in [5.74, 6) is 1.22. The minimum Gasteiger partial charge on any atom is -0.459 e. The van der Waals surface area contributed by atoms with Gasteiger partial charge in [-0.25, -0.2) is 0 Å². The van der Waals surface area contributed by atoms with E-state index >= 15 is 0 Å². The molecule has 1 saturated heterocycles. The van der Waals surface area contributed by atoms with Crippen LogP contribution in [0.5, 0.6) is 0 Å². The van der Waals surface area contributed by atoms with E-state index in [9.17, 15) is 9.59 Å². The maximum Gasteiger partial charge on any atom is 0.289 e. The summed E-state index contributed by atoms with van der Waals surface area (Å²) in [5, 5.41) is 9.94. The van der Waals surface area contributed by atoms with Crippen LogP contribution in [0.15, 0.2) is 52.2 Å². The maximum absolute atomic E-state index is 12.7. The van der Waals surface area contributed by atoms with Gasteiger partial charge in [0.25, 0.3) is 5.91 Å². The molecule has 10 heteroatoms. The van der Waals surface area contributed by atoms with E-state index in [-0.39, 0.29) is 17.6 Å². The highest BCUT2D eigenvalue weighted by Gasteiger charge is 2.26. The van der Waals surface area contributed by atoms with E-state index in [1.165, 1.54) is 18.0 Å². The molecule has 1 aromatic carbocycles. The number of hydrogen-bond donors (Lipinski definition) is 0. The predicted octanol–water partition coefficient (Wildman–Crippen LogP) is 3.29. The third-order valence-corrected chi connectivity index (χ3v) is 6.32. The van der Waals surface area contributed by atoms with Gasteiger partial charge in [0, 0.05) is 43.3 Å². The van der Waals surface area contributed by atoms with Gasteiger partial charge in [-0.3, -0.25) is 9.59 Å². The van der Waals surface area contributed by atoms with Gasteiger partial charge in [0.15, 0.2) is 16.7 Å². The fraction of sp³-hybridized carbons (Fsp3) is 0.333. The predicted molar refractivity (Wildman–Crippen MR) is 118 cm³/mol. The van der Waals surface area contributed by atoms with Crippen molar-refractivity contribution >= 4 is 35.2 Å². The Morgan fingerprint density at radius 3 is 2.42 bits per heavy atom. The Morgan fingerprint density at radius 2 is 1.77 bits per heavy atom. The molecule has 0 N–H and O–H groups in total. The second-order valence-electron chi connectivity index (χ2n) is 7.00. The van der Waals surface area contributed by atoms with E-state index in [1.807, 2.05) is 35.8 Å². The minimum absolute atomic E-state index is 0.0220. The first-order valence-electron chi connectivity index (χ1n) is 9.99. The quantitative estimate of drug-likeness (QED) is 0.526. The molecule has 0 unspecified atom stereocenters. The standard InChI is InChI=1S/C21H22ClN5O3S/c1-2-27-19(15-5-7-16(22)8-6-15)23-24-21(27)31-14-18(28)25-9-11-26(12-10-25)20(29)17-4-3-13-30-17/h3-8,13H,2,9-12,14H2,1H3. The first-order valence-corrected chi connectivity index (χ1v) is 11.4. The van der Waals surface area contributed by atoms with Crippen LogP contribution >= 0.6 is 23.4 Å². The number of hydrogen-bond acceptors (Lipinski definition) is 6. The zero-order valence-corrected chi connectivity index (χ0v) is 18.6. The summed E-state index contributed by atoms with van der Waals surface area (Å²) in [4.78, 5) is 28.6. The normalized spacial score (nSPS) is 14.1. The highest BCUT2D eigenvalue weighted by Crippen LogP contribution is 2.25. The summed E-state index contributed by atoms with van der Waals surface area (Å²) < 4.78 is 7.16. The summed E-state index contributed by atoms with van der Waals surface area (Å²) in [6, 6.07) is 10.8. The molecular weight excluding hydrogens is 438 g/mol. The smallest absolute Gasteiger partial charge is 0.289 e. The van der Waals surface area contributed by atoms with Crippen molar-refractivity contribution in [1.29, 1.82) is 0 Å². The lowest BCUT2D eigenvalue weighted by molar-refractivity contribution is -0.129. The Labute approximate surface area is 189 Å². The first kappa shape index (κ1) is 21.5. The second-order valence-corrected chi connectivity index (χ2v) is 8.38. The van der Waals surface area contributed by atoms with Gasteiger partial charge < -0.3 is 18.8 Å². The molecule has 0 atom stereocenters. The van der Waals surface area contributed by atoms with Gasteiger partial charge in [0.05, 0.1) is 12.0 Å². The van der Waals surface area contributed by atoms with Crippen molar-refractivity contribution in [3.63, 3.8) is 0 Å². The Bertz CT molecular complexity index is 1040. The third kappa shape index (κ3) is 4.77. The second kappa shape index (κ2) is 9.57. The van der Waals surface area contributed by atoms with E-state index in [1.54, 1.807) is 21.9 Å². The van der Waals surface area contributed by atoms with Crippen molar-refractivity contribution in [3.8, 4) is 11.4 Å². The zero-order valence-electron chi connectivity index (χ0n) is 17.0. The van der Waals surface area contributed by atoms with Crippen LogP contribution in [0.1, 0.15) is 17.5 Å². The van der Waals surface area contributed by atoms with Crippen LogP contribution in [0, 0.1) is 0 Å². The molecule has 0 saturated carbocycles. The van der Waals surface area contributed by atoms with E-state index in [2.05, 4.69) is 10.2 Å².